The smallest absolute Gasteiger partial charge is 0.119 e. The molecule has 0 fully saturated rings. The molecule has 0 amide bonds. The molecule has 3 aromatic heterocycles. The Kier molecular flexibility index (Phi) is 4.25. The van der Waals surface area contributed by atoms with Crippen LogP contribution in [-0.2, 0) is 0 Å². The molecule has 0 saturated heterocycles. The second-order valence-electron chi connectivity index (χ2n) is 7.78. The number of hydrogen-bond acceptors (Lipinski definition) is 3. The van der Waals surface area contributed by atoms with Crippen LogP contribution < -0.4 is 4.74 Å². The van der Waals surface area contributed by atoms with Crippen LogP contribution in [0, 0.1) is 0 Å². The second-order valence-corrected chi connectivity index (χ2v) is 7.78. The van der Waals surface area contributed by atoms with Crippen molar-refractivity contribution < 1.29 is 4.74 Å². The Hall–Kier alpha value is -4.38. The number of hydrogen-bond donors (Lipinski definition) is 2. The fourth-order valence-corrected chi connectivity index (χ4v) is 4.10. The van der Waals surface area contributed by atoms with E-state index in [1.165, 1.54) is 0 Å². The zero-order valence-corrected chi connectivity index (χ0v) is 17.5. The summed E-state index contributed by atoms with van der Waals surface area (Å²) in [5.74, 6) is 0.817. The van der Waals surface area contributed by atoms with Gasteiger partial charge in [-0.1, -0.05) is 12.1 Å². The van der Waals surface area contributed by atoms with E-state index in [2.05, 4.69) is 40.3 Å². The summed E-state index contributed by atoms with van der Waals surface area (Å²) in [4.78, 5) is 16.5. The number of benzene rings is 1. The third-order valence-corrected chi connectivity index (χ3v) is 5.58. The lowest BCUT2D eigenvalue weighted by molar-refractivity contribution is 0.415. The van der Waals surface area contributed by atoms with E-state index in [-0.39, 0.29) is 0 Å². The van der Waals surface area contributed by atoms with Crippen LogP contribution in [0.5, 0.6) is 5.75 Å². The molecule has 0 aliphatic carbocycles. The molecule has 5 heterocycles. The third-order valence-electron chi connectivity index (χ3n) is 5.58. The Morgan fingerprint density at radius 1 is 0.625 bits per heavy atom. The van der Waals surface area contributed by atoms with Crippen LogP contribution in [0.2, 0.25) is 0 Å². The Morgan fingerprint density at radius 3 is 1.75 bits per heavy atom. The molecule has 8 bridgehead atoms. The molecule has 0 saturated carbocycles. The van der Waals surface area contributed by atoms with Gasteiger partial charge in [-0.3, -0.25) is 0 Å². The van der Waals surface area contributed by atoms with Gasteiger partial charge in [0.25, 0.3) is 0 Å². The normalized spacial score (nSPS) is 12.3. The molecular formula is C27H20N4O. The maximum atomic E-state index is 5.48. The van der Waals surface area contributed by atoms with Crippen molar-refractivity contribution in [3.8, 4) is 16.9 Å². The summed E-state index contributed by atoms with van der Waals surface area (Å²) in [7, 11) is 1.69. The van der Waals surface area contributed by atoms with Gasteiger partial charge in [0, 0.05) is 27.6 Å². The highest BCUT2D eigenvalue weighted by Gasteiger charge is 2.08. The molecule has 5 nitrogen and oxygen atoms in total. The number of fused-ring (bicyclic) bond motifs is 8. The van der Waals surface area contributed by atoms with E-state index < -0.39 is 0 Å². The summed E-state index contributed by atoms with van der Waals surface area (Å²) in [5, 5.41) is 0. The minimum atomic E-state index is 0.817. The van der Waals surface area contributed by atoms with E-state index in [9.17, 15) is 0 Å². The number of nitrogens with one attached hydrogen (secondary N) is 2. The average molecular weight is 416 g/mol. The minimum Gasteiger partial charge on any atom is -0.497 e. The molecule has 2 N–H and O–H groups in total. The number of nitrogens with zero attached hydrogens (tertiary/aromatic N) is 2. The lowest BCUT2D eigenvalue weighted by Crippen LogP contribution is -1.85. The van der Waals surface area contributed by atoms with Crippen molar-refractivity contribution >= 4 is 46.4 Å². The largest absolute Gasteiger partial charge is 0.497 e. The van der Waals surface area contributed by atoms with E-state index in [1.54, 1.807) is 7.11 Å². The molecule has 0 radical (unpaired) electrons. The number of rotatable bonds is 2. The van der Waals surface area contributed by atoms with Crippen LogP contribution in [0.1, 0.15) is 22.8 Å². The van der Waals surface area contributed by atoms with Crippen molar-refractivity contribution in [1.82, 2.24) is 19.9 Å². The summed E-state index contributed by atoms with van der Waals surface area (Å²) in [6.07, 6.45) is 8.06. The van der Waals surface area contributed by atoms with E-state index in [4.69, 9.17) is 14.7 Å². The fourth-order valence-electron chi connectivity index (χ4n) is 4.10. The van der Waals surface area contributed by atoms with Crippen molar-refractivity contribution in [3.05, 3.63) is 89.5 Å². The fraction of sp³-hybridized carbons (Fsp3) is 0.0370. The monoisotopic (exact) mass is 416 g/mol. The van der Waals surface area contributed by atoms with Crippen LogP contribution >= 0.6 is 0 Å². The first-order valence-corrected chi connectivity index (χ1v) is 10.5. The molecule has 4 aromatic rings. The van der Waals surface area contributed by atoms with E-state index in [1.807, 2.05) is 60.7 Å². The summed E-state index contributed by atoms with van der Waals surface area (Å²) in [6, 6.07) is 22.6. The number of H-pyrrole nitrogens is 2. The summed E-state index contributed by atoms with van der Waals surface area (Å²) < 4.78 is 5.48. The number of ether oxygens (including phenoxy) is 1. The van der Waals surface area contributed by atoms with Gasteiger partial charge in [0.05, 0.1) is 29.9 Å². The SMILES string of the molecule is COc1cccc(-c2c3ccc(cc4nc(cc5nc(cc6ccc2[nH]6)C=C5)C=C4)[nH]3)c1. The highest BCUT2D eigenvalue weighted by Crippen LogP contribution is 2.31. The molecule has 0 atom stereocenters. The molecule has 2 aliphatic heterocycles. The molecule has 6 rings (SSSR count). The molecule has 5 heteroatoms. The number of aromatic nitrogens is 4. The van der Waals surface area contributed by atoms with Crippen LogP contribution in [0.3, 0.4) is 0 Å². The van der Waals surface area contributed by atoms with Gasteiger partial charge in [-0.25, -0.2) is 9.97 Å². The van der Waals surface area contributed by atoms with Crippen molar-refractivity contribution in [1.29, 1.82) is 0 Å². The van der Waals surface area contributed by atoms with Crippen molar-refractivity contribution in [2.45, 2.75) is 0 Å². The molecular weight excluding hydrogens is 396 g/mol. The number of methoxy groups -OCH3 is 1. The average Bonchev–Trinajstić information content (AvgIpc) is 3.60. The Balaban J connectivity index is 1.71. The summed E-state index contributed by atoms with van der Waals surface area (Å²) >= 11 is 0. The quantitative estimate of drug-likeness (QED) is 0.346. The zero-order valence-electron chi connectivity index (χ0n) is 17.5. The predicted molar refractivity (Wildman–Crippen MR) is 131 cm³/mol. The van der Waals surface area contributed by atoms with E-state index >= 15 is 0 Å². The van der Waals surface area contributed by atoms with E-state index in [0.717, 1.165) is 61.7 Å². The minimum absolute atomic E-state index is 0.817. The van der Waals surface area contributed by atoms with Crippen LogP contribution in [0.15, 0.2) is 66.7 Å². The van der Waals surface area contributed by atoms with Gasteiger partial charge in [-0.15, -0.1) is 0 Å². The Bertz CT molecular complexity index is 1480. The van der Waals surface area contributed by atoms with Gasteiger partial charge in [0.2, 0.25) is 0 Å². The Labute approximate surface area is 184 Å². The van der Waals surface area contributed by atoms with Gasteiger partial charge in [-0.05, 0) is 84.5 Å². The summed E-state index contributed by atoms with van der Waals surface area (Å²) in [6.45, 7) is 0. The first-order chi connectivity index (χ1) is 15.7. The lowest BCUT2D eigenvalue weighted by Gasteiger charge is -2.05. The maximum absolute atomic E-state index is 5.48. The maximum Gasteiger partial charge on any atom is 0.119 e. The molecule has 154 valence electrons. The molecule has 2 aliphatic rings. The third kappa shape index (κ3) is 3.40. The second kappa shape index (κ2) is 7.39. The highest BCUT2D eigenvalue weighted by molar-refractivity contribution is 5.94. The Morgan fingerprint density at radius 2 is 1.19 bits per heavy atom. The van der Waals surface area contributed by atoms with Crippen LogP contribution in [-0.4, -0.2) is 27.0 Å². The molecule has 0 unspecified atom stereocenters. The van der Waals surface area contributed by atoms with Crippen LogP contribution in [0.4, 0.5) is 0 Å². The van der Waals surface area contributed by atoms with Crippen molar-refractivity contribution in [2.24, 2.45) is 0 Å². The standard InChI is InChI=1S/C27H20N4O/c1-32-24-4-2-3-17(13-24)27-25-11-9-22(30-25)15-20-7-5-18(28-20)14-19-6-8-21(29-19)16-23-10-12-26(27)31-23/h2-16,30-31H,1H3. The highest BCUT2D eigenvalue weighted by atomic mass is 16.5. The molecule has 0 spiro atoms. The topological polar surface area (TPSA) is 66.6 Å². The van der Waals surface area contributed by atoms with Gasteiger partial charge < -0.3 is 14.7 Å². The van der Waals surface area contributed by atoms with Gasteiger partial charge >= 0.3 is 0 Å². The van der Waals surface area contributed by atoms with Crippen molar-refractivity contribution in [2.75, 3.05) is 7.11 Å². The zero-order chi connectivity index (χ0) is 21.5. The first kappa shape index (κ1) is 18.4. The van der Waals surface area contributed by atoms with E-state index in [0.29, 0.717) is 0 Å². The van der Waals surface area contributed by atoms with Crippen molar-refractivity contribution in [3.63, 3.8) is 0 Å². The van der Waals surface area contributed by atoms with Gasteiger partial charge in [-0.2, -0.15) is 0 Å². The van der Waals surface area contributed by atoms with Gasteiger partial charge in [0.15, 0.2) is 0 Å². The summed E-state index contributed by atoms with van der Waals surface area (Å²) in [5.41, 5.74) is 9.72. The molecule has 1 aromatic carbocycles. The van der Waals surface area contributed by atoms with Gasteiger partial charge in [0.1, 0.15) is 5.75 Å². The lowest BCUT2D eigenvalue weighted by atomic mass is 10.1. The number of aromatic amines is 2. The predicted octanol–water partition coefficient (Wildman–Crippen LogP) is 6.33. The first-order valence-electron chi connectivity index (χ1n) is 10.5. The molecule has 32 heavy (non-hydrogen) atoms. The van der Waals surface area contributed by atoms with Crippen LogP contribution in [0.25, 0.3) is 57.5 Å².